The number of nitriles is 1. The Kier molecular flexibility index (Phi) is 6.08. The van der Waals surface area contributed by atoms with Gasteiger partial charge in [0.25, 0.3) is 0 Å². The lowest BCUT2D eigenvalue weighted by Crippen LogP contribution is -2.37. The number of nitrogens with zero attached hydrogens (tertiary/aromatic N) is 2. The van der Waals surface area contributed by atoms with E-state index in [-0.39, 0.29) is 22.0 Å². The molecular formula is C20H11ClF6N2O2. The number of ether oxygens (including phenoxy) is 2. The summed E-state index contributed by atoms with van der Waals surface area (Å²) in [5, 5.41) is 8.82. The van der Waals surface area contributed by atoms with Crippen molar-refractivity contribution in [2.45, 2.75) is 18.8 Å². The zero-order valence-corrected chi connectivity index (χ0v) is 16.0. The minimum absolute atomic E-state index is 0.0869. The molecule has 31 heavy (non-hydrogen) atoms. The highest BCUT2D eigenvalue weighted by Crippen LogP contribution is 2.36. The molecule has 1 aliphatic heterocycles. The fourth-order valence-corrected chi connectivity index (χ4v) is 2.89. The van der Waals surface area contributed by atoms with Crippen molar-refractivity contribution >= 4 is 17.3 Å². The molecule has 0 radical (unpaired) electrons. The highest BCUT2D eigenvalue weighted by molar-refractivity contribution is 6.32. The van der Waals surface area contributed by atoms with Crippen LogP contribution in [0, 0.1) is 11.3 Å². The molecule has 11 heteroatoms. The maximum absolute atomic E-state index is 13.2. The van der Waals surface area contributed by atoms with Gasteiger partial charge in [0.15, 0.2) is 6.23 Å². The number of allylic oxidation sites excluding steroid dienone is 2. The number of hydrogen-bond acceptors (Lipinski definition) is 4. The van der Waals surface area contributed by atoms with Crippen molar-refractivity contribution in [2.75, 3.05) is 4.90 Å². The smallest absolute Gasteiger partial charge is 0.465 e. The second-order valence-electron chi connectivity index (χ2n) is 6.16. The number of benzene rings is 2. The molecule has 0 amide bonds. The van der Waals surface area contributed by atoms with E-state index in [2.05, 4.69) is 4.74 Å². The molecule has 1 atom stereocenters. The zero-order chi connectivity index (χ0) is 22.8. The van der Waals surface area contributed by atoms with Gasteiger partial charge < -0.3 is 14.4 Å². The number of hydrogen-bond donors (Lipinski definition) is 0. The van der Waals surface area contributed by atoms with Gasteiger partial charge in [-0.2, -0.15) is 18.4 Å². The average molecular weight is 461 g/mol. The largest absolute Gasteiger partial charge is 0.573 e. The van der Waals surface area contributed by atoms with E-state index in [1.165, 1.54) is 24.3 Å². The van der Waals surface area contributed by atoms with Crippen molar-refractivity contribution in [3.8, 4) is 17.6 Å². The molecule has 4 nitrogen and oxygen atoms in total. The average Bonchev–Trinajstić information content (AvgIpc) is 2.68. The third-order valence-electron chi connectivity index (χ3n) is 3.98. The molecule has 1 unspecified atom stereocenters. The molecule has 2 aromatic carbocycles. The van der Waals surface area contributed by atoms with Crippen LogP contribution in [-0.2, 0) is 0 Å². The van der Waals surface area contributed by atoms with Gasteiger partial charge in [0.05, 0.1) is 22.2 Å². The van der Waals surface area contributed by atoms with Gasteiger partial charge in [-0.1, -0.05) is 17.7 Å². The lowest BCUT2D eigenvalue weighted by molar-refractivity contribution is -0.274. The first-order chi connectivity index (χ1) is 14.5. The van der Waals surface area contributed by atoms with Crippen molar-refractivity contribution in [1.29, 1.82) is 5.26 Å². The number of alkyl halides is 6. The molecule has 0 aliphatic carbocycles. The molecule has 1 aliphatic rings. The molecular weight excluding hydrogens is 450 g/mol. The van der Waals surface area contributed by atoms with E-state index in [9.17, 15) is 26.3 Å². The Bertz CT molecular complexity index is 1070. The van der Waals surface area contributed by atoms with Gasteiger partial charge in [0.1, 0.15) is 11.5 Å². The lowest BCUT2D eigenvalue weighted by atomic mass is 10.1. The van der Waals surface area contributed by atoms with Crippen molar-refractivity contribution in [3.63, 3.8) is 0 Å². The summed E-state index contributed by atoms with van der Waals surface area (Å²) >= 11 is 5.97. The Balaban J connectivity index is 1.93. The topological polar surface area (TPSA) is 45.5 Å². The minimum Gasteiger partial charge on any atom is -0.465 e. The molecule has 0 bridgehead atoms. The van der Waals surface area contributed by atoms with Gasteiger partial charge in [-0.05, 0) is 42.5 Å². The maximum atomic E-state index is 13.2. The standard InChI is InChI=1S/C20H11ClF6N2O2/c21-16-9-15(31-20(25,26)27)5-6-17(16)30-18-7-4-13(19(22,23)24)11-29(18)14-3-1-2-12(8-14)10-28/h1-9,11,18H. The summed E-state index contributed by atoms with van der Waals surface area (Å²) in [6.45, 7) is 0. The Morgan fingerprint density at radius 2 is 1.77 bits per heavy atom. The van der Waals surface area contributed by atoms with Gasteiger partial charge in [-0.25, -0.2) is 0 Å². The molecule has 0 aromatic heterocycles. The van der Waals surface area contributed by atoms with Crippen LogP contribution in [0.4, 0.5) is 32.0 Å². The number of anilines is 1. The Labute approximate surface area is 177 Å². The van der Waals surface area contributed by atoms with Crippen molar-refractivity contribution in [1.82, 2.24) is 0 Å². The van der Waals surface area contributed by atoms with Crippen LogP contribution in [0.5, 0.6) is 11.5 Å². The van der Waals surface area contributed by atoms with Crippen LogP contribution >= 0.6 is 11.6 Å². The molecule has 162 valence electrons. The van der Waals surface area contributed by atoms with E-state index in [4.69, 9.17) is 21.6 Å². The normalized spacial score (nSPS) is 16.5. The monoisotopic (exact) mass is 460 g/mol. The van der Waals surface area contributed by atoms with Gasteiger partial charge in [0.2, 0.25) is 0 Å². The molecule has 0 spiro atoms. The second kappa shape index (κ2) is 8.43. The summed E-state index contributed by atoms with van der Waals surface area (Å²) < 4.78 is 86.1. The van der Waals surface area contributed by atoms with E-state index in [1.54, 1.807) is 0 Å². The van der Waals surface area contributed by atoms with Gasteiger partial charge in [0, 0.05) is 18.0 Å². The lowest BCUT2D eigenvalue weighted by Gasteiger charge is -2.32. The molecule has 0 fully saturated rings. The van der Waals surface area contributed by atoms with Gasteiger partial charge in [-0.3, -0.25) is 0 Å². The maximum Gasteiger partial charge on any atom is 0.573 e. The summed E-state index contributed by atoms with van der Waals surface area (Å²) in [7, 11) is 0. The van der Waals surface area contributed by atoms with E-state index < -0.39 is 30.1 Å². The van der Waals surface area contributed by atoms with Crippen molar-refractivity contribution in [2.24, 2.45) is 0 Å². The predicted octanol–water partition coefficient (Wildman–Crippen LogP) is 6.34. The van der Waals surface area contributed by atoms with Crippen LogP contribution in [-0.4, -0.2) is 18.8 Å². The van der Waals surface area contributed by atoms with Crippen molar-refractivity contribution < 1.29 is 35.8 Å². The summed E-state index contributed by atoms with van der Waals surface area (Å²) in [6, 6.07) is 10.6. The third kappa shape index (κ3) is 5.64. The Morgan fingerprint density at radius 1 is 1.03 bits per heavy atom. The second-order valence-corrected chi connectivity index (χ2v) is 6.57. The van der Waals surface area contributed by atoms with E-state index in [1.807, 2.05) is 6.07 Å². The van der Waals surface area contributed by atoms with Crippen LogP contribution in [0.25, 0.3) is 0 Å². The molecule has 0 saturated heterocycles. The van der Waals surface area contributed by atoms with Gasteiger partial charge >= 0.3 is 12.5 Å². The van der Waals surface area contributed by atoms with Gasteiger partial charge in [-0.15, -0.1) is 13.2 Å². The highest BCUT2D eigenvalue weighted by atomic mass is 35.5. The molecule has 0 saturated carbocycles. The Hall–Kier alpha value is -3.32. The Morgan fingerprint density at radius 3 is 2.39 bits per heavy atom. The molecule has 0 N–H and O–H groups in total. The fourth-order valence-electron chi connectivity index (χ4n) is 2.67. The first-order valence-electron chi connectivity index (χ1n) is 8.44. The van der Waals surface area contributed by atoms with E-state index in [0.29, 0.717) is 0 Å². The summed E-state index contributed by atoms with van der Waals surface area (Å²) in [5.41, 5.74) is -0.530. The van der Waals surface area contributed by atoms with Crippen LogP contribution < -0.4 is 14.4 Å². The highest BCUT2D eigenvalue weighted by Gasteiger charge is 2.36. The minimum atomic E-state index is -4.92. The van der Waals surface area contributed by atoms with Crippen LogP contribution in [0.1, 0.15) is 5.56 Å². The third-order valence-corrected chi connectivity index (χ3v) is 4.27. The summed E-state index contributed by atoms with van der Waals surface area (Å²) in [5.74, 6) is -0.669. The number of rotatable bonds is 4. The summed E-state index contributed by atoms with van der Waals surface area (Å²) in [6.07, 6.45) is -7.97. The SMILES string of the molecule is N#Cc1cccc(N2C=C(C(F)(F)F)C=CC2Oc2ccc(OC(F)(F)F)cc2Cl)c1. The van der Waals surface area contributed by atoms with Crippen LogP contribution in [0.2, 0.25) is 5.02 Å². The number of halogens is 7. The van der Waals surface area contributed by atoms with E-state index in [0.717, 1.165) is 41.5 Å². The zero-order valence-electron chi connectivity index (χ0n) is 15.2. The summed E-state index contributed by atoms with van der Waals surface area (Å²) in [4.78, 5) is 1.13. The molecule has 2 aromatic rings. The van der Waals surface area contributed by atoms with Crippen LogP contribution in [0.3, 0.4) is 0 Å². The first kappa shape index (κ1) is 22.4. The quantitative estimate of drug-likeness (QED) is 0.500. The van der Waals surface area contributed by atoms with Crippen molar-refractivity contribution in [3.05, 3.63) is 77.0 Å². The molecule has 1 heterocycles. The van der Waals surface area contributed by atoms with E-state index >= 15 is 0 Å². The predicted molar refractivity (Wildman–Crippen MR) is 99.5 cm³/mol. The first-order valence-corrected chi connectivity index (χ1v) is 8.82. The molecule has 3 rings (SSSR count). The van der Waals surface area contributed by atoms with Crippen LogP contribution in [0.15, 0.2) is 66.4 Å². The fraction of sp³-hybridized carbons (Fsp3) is 0.150.